The van der Waals surface area contributed by atoms with Crippen LogP contribution in [-0.4, -0.2) is 49.0 Å². The summed E-state index contributed by atoms with van der Waals surface area (Å²) in [6.07, 6.45) is 4.58. The summed E-state index contributed by atoms with van der Waals surface area (Å²) in [7, 11) is 0. The molecule has 3 heterocycles. The third kappa shape index (κ3) is 6.97. The van der Waals surface area contributed by atoms with E-state index in [9.17, 15) is 20.2 Å². The molecule has 0 radical (unpaired) electrons. The Balaban J connectivity index is 1.35. The molecule has 44 heavy (non-hydrogen) atoms. The van der Waals surface area contributed by atoms with Crippen molar-refractivity contribution in [3.63, 3.8) is 0 Å². The van der Waals surface area contributed by atoms with E-state index in [-0.39, 0.29) is 37.2 Å². The van der Waals surface area contributed by atoms with Crippen molar-refractivity contribution in [1.29, 1.82) is 0 Å². The lowest BCUT2D eigenvalue weighted by molar-refractivity contribution is -0.722. The molecule has 0 saturated carbocycles. The lowest BCUT2D eigenvalue weighted by Gasteiger charge is -2.30. The molecule has 17 heteroatoms. The predicted molar refractivity (Wildman–Crippen MR) is 153 cm³/mol. The van der Waals surface area contributed by atoms with Crippen LogP contribution in [0.2, 0.25) is 10.0 Å². The zero-order valence-corrected chi connectivity index (χ0v) is 24.7. The molecule has 2 unspecified atom stereocenters. The molecule has 15 nitrogen and oxygen atoms in total. The van der Waals surface area contributed by atoms with E-state index in [1.807, 2.05) is 4.57 Å². The highest BCUT2D eigenvalue weighted by atomic mass is 35.5. The normalized spacial score (nSPS) is 17.9. The van der Waals surface area contributed by atoms with E-state index >= 15 is 0 Å². The zero-order chi connectivity index (χ0) is 31.4. The van der Waals surface area contributed by atoms with E-state index in [0.717, 1.165) is 0 Å². The second kappa shape index (κ2) is 13.0. The fourth-order valence-corrected chi connectivity index (χ4v) is 5.02. The molecule has 1 aliphatic heterocycles. The number of aromatic nitrogens is 4. The van der Waals surface area contributed by atoms with Gasteiger partial charge in [-0.15, -0.1) is 20.2 Å². The van der Waals surface area contributed by atoms with Gasteiger partial charge >= 0.3 is 5.09 Å². The third-order valence-electron chi connectivity index (χ3n) is 6.41. The molecule has 0 aliphatic carbocycles. The first kappa shape index (κ1) is 30.9. The second-order valence-electron chi connectivity index (χ2n) is 9.85. The van der Waals surface area contributed by atoms with Crippen LogP contribution in [0.15, 0.2) is 61.2 Å². The minimum absolute atomic E-state index is 0.0690. The molecular weight excluding hydrogens is 623 g/mol. The summed E-state index contributed by atoms with van der Waals surface area (Å²) >= 11 is 12.6. The van der Waals surface area contributed by atoms with Gasteiger partial charge in [-0.1, -0.05) is 43.1 Å². The second-order valence-corrected chi connectivity index (χ2v) is 10.7. The highest BCUT2D eigenvalue weighted by Gasteiger charge is 2.45. The average molecular weight is 647 g/mol. The van der Waals surface area contributed by atoms with Crippen LogP contribution in [0.4, 0.5) is 0 Å². The number of benzene rings is 2. The molecule has 0 spiro atoms. The fourth-order valence-electron chi connectivity index (χ4n) is 4.46. The Morgan fingerprint density at radius 1 is 1.09 bits per heavy atom. The lowest BCUT2D eigenvalue weighted by Crippen LogP contribution is -2.34. The Morgan fingerprint density at radius 2 is 1.84 bits per heavy atom. The molecule has 0 N–H and O–H groups in total. The van der Waals surface area contributed by atoms with Crippen LogP contribution in [-0.2, 0) is 21.8 Å². The lowest BCUT2D eigenvalue weighted by atomic mass is 10.1. The number of ether oxygens (including phenoxy) is 3. The quantitative estimate of drug-likeness (QED) is 0.144. The maximum absolute atomic E-state index is 11.2. The summed E-state index contributed by atoms with van der Waals surface area (Å²) in [5.74, 6) is -2.22. The number of nitrogens with zero attached hydrogens (tertiary/aromatic N) is 6. The third-order valence-corrected chi connectivity index (χ3v) is 6.96. The summed E-state index contributed by atoms with van der Waals surface area (Å²) in [4.78, 5) is 43.7. The smallest absolute Gasteiger partial charge is 0.301 e. The first-order chi connectivity index (χ1) is 21.0. The fraction of sp³-hybridized carbons (Fsp3) is 0.296. The van der Waals surface area contributed by atoms with Crippen molar-refractivity contribution in [2.24, 2.45) is 0 Å². The van der Waals surface area contributed by atoms with E-state index in [2.05, 4.69) is 24.6 Å². The minimum atomic E-state index is -1.22. The van der Waals surface area contributed by atoms with Crippen LogP contribution in [0.25, 0.3) is 11.3 Å². The van der Waals surface area contributed by atoms with Gasteiger partial charge in [-0.3, -0.25) is 9.68 Å². The largest absolute Gasteiger partial charge is 0.491 e. The Bertz CT molecular complexity index is 1660. The van der Waals surface area contributed by atoms with Crippen molar-refractivity contribution in [3.8, 4) is 28.6 Å². The van der Waals surface area contributed by atoms with Gasteiger partial charge in [-0.2, -0.15) is 0 Å². The molecule has 5 rings (SSSR count). The summed E-state index contributed by atoms with van der Waals surface area (Å²) < 4.78 is 20.4. The van der Waals surface area contributed by atoms with Crippen molar-refractivity contribution in [3.05, 3.63) is 103 Å². The zero-order valence-electron chi connectivity index (χ0n) is 23.2. The molecule has 2 aromatic carbocycles. The highest BCUT2D eigenvalue weighted by Crippen LogP contribution is 2.41. The number of imidazole rings is 1. The van der Waals surface area contributed by atoms with Crippen LogP contribution < -0.4 is 14.4 Å². The molecule has 0 amide bonds. The number of halogens is 2. The predicted octanol–water partition coefficient (Wildman–Crippen LogP) is 5.26. The van der Waals surface area contributed by atoms with E-state index in [4.69, 9.17) is 37.4 Å². The van der Waals surface area contributed by atoms with Crippen molar-refractivity contribution in [1.82, 2.24) is 19.5 Å². The van der Waals surface area contributed by atoms with Crippen molar-refractivity contribution in [2.45, 2.75) is 38.2 Å². The van der Waals surface area contributed by atoms with E-state index < -0.39 is 33.7 Å². The average Bonchev–Trinajstić information content (AvgIpc) is 3.63. The van der Waals surface area contributed by atoms with Crippen LogP contribution in [0.3, 0.4) is 0 Å². The van der Waals surface area contributed by atoms with Crippen molar-refractivity contribution < 1.29 is 34.1 Å². The van der Waals surface area contributed by atoms with Crippen LogP contribution in [0, 0.1) is 20.2 Å². The van der Waals surface area contributed by atoms with Gasteiger partial charge in [0.15, 0.2) is 5.75 Å². The summed E-state index contributed by atoms with van der Waals surface area (Å²) in [5, 5.41) is 20.8. The standard InChI is InChI=1S/C27H24Cl2N6O9/c1-16(2)25-31-23(24(43-34(36)37)26(32-25)44-35(38)39)17-3-6-19(7-4-17)40-12-20-13-41-27(42-20,14-33-10-9-30-15-33)21-8-5-18(28)11-22(21)29/h3-11,15-16,20H,12-14H2,1-2H3. The molecule has 0 bridgehead atoms. The van der Waals surface area contributed by atoms with Crippen LogP contribution in [0.1, 0.15) is 31.2 Å². The van der Waals surface area contributed by atoms with Gasteiger partial charge in [0.2, 0.25) is 11.7 Å². The Labute approximate surface area is 259 Å². The number of hydrogen-bond acceptors (Lipinski definition) is 12. The van der Waals surface area contributed by atoms with E-state index in [0.29, 0.717) is 26.9 Å². The van der Waals surface area contributed by atoms with E-state index in [1.165, 1.54) is 0 Å². The maximum atomic E-state index is 11.2. The van der Waals surface area contributed by atoms with Crippen molar-refractivity contribution in [2.75, 3.05) is 13.2 Å². The van der Waals surface area contributed by atoms with Gasteiger partial charge in [-0.05, 0) is 36.4 Å². The number of hydrogen-bond donors (Lipinski definition) is 0. The topological polar surface area (TPSA) is 176 Å². The first-order valence-corrected chi connectivity index (χ1v) is 13.8. The van der Waals surface area contributed by atoms with Gasteiger partial charge in [-0.25, -0.2) is 15.0 Å². The van der Waals surface area contributed by atoms with Gasteiger partial charge in [0, 0.05) is 34.5 Å². The molecule has 2 aromatic heterocycles. The van der Waals surface area contributed by atoms with Gasteiger partial charge in [0.1, 0.15) is 30.0 Å². The van der Waals surface area contributed by atoms with Crippen molar-refractivity contribution >= 4 is 23.2 Å². The molecule has 2 atom stereocenters. The minimum Gasteiger partial charge on any atom is -0.491 e. The monoisotopic (exact) mass is 646 g/mol. The Hall–Kier alpha value is -4.57. The van der Waals surface area contributed by atoms with Crippen LogP contribution in [0.5, 0.6) is 17.4 Å². The molecule has 1 fully saturated rings. The summed E-state index contributed by atoms with van der Waals surface area (Å²) in [5.41, 5.74) is 0.868. The SMILES string of the molecule is CC(C)c1nc(O[N+](=O)[O-])c(O[N+](=O)[O-])c(-c2ccc(OCC3COC(Cn4ccnc4)(c4ccc(Cl)cc4Cl)O3)cc2)n1. The van der Waals surface area contributed by atoms with Crippen LogP contribution >= 0.6 is 23.2 Å². The molecular formula is C27H24Cl2N6O9. The molecule has 4 aromatic rings. The van der Waals surface area contributed by atoms with Gasteiger partial charge in [0.25, 0.3) is 5.09 Å². The van der Waals surface area contributed by atoms with Gasteiger partial charge < -0.3 is 18.8 Å². The molecule has 1 saturated heterocycles. The van der Waals surface area contributed by atoms with Gasteiger partial charge in [0.05, 0.1) is 24.5 Å². The first-order valence-electron chi connectivity index (χ1n) is 13.1. The Morgan fingerprint density at radius 3 is 2.48 bits per heavy atom. The molecule has 230 valence electrons. The molecule has 1 aliphatic rings. The highest BCUT2D eigenvalue weighted by molar-refractivity contribution is 6.35. The number of rotatable bonds is 12. The summed E-state index contributed by atoms with van der Waals surface area (Å²) in [6.45, 7) is 4.08. The maximum Gasteiger partial charge on any atom is 0.301 e. The van der Waals surface area contributed by atoms with E-state index in [1.54, 1.807) is 75.0 Å². The summed E-state index contributed by atoms with van der Waals surface area (Å²) in [6, 6.07) is 11.4. The Kier molecular flexibility index (Phi) is 9.10.